The molecule has 0 saturated heterocycles. The van der Waals surface area contributed by atoms with Crippen LogP contribution in [0.4, 0.5) is 0 Å². The lowest BCUT2D eigenvalue weighted by atomic mass is 10.0. The number of methoxy groups -OCH3 is 3. The molecule has 0 fully saturated rings. The van der Waals surface area contributed by atoms with Crippen LogP contribution in [0.2, 0.25) is 0 Å². The third kappa shape index (κ3) is 6.49. The van der Waals surface area contributed by atoms with Crippen molar-refractivity contribution in [1.82, 2.24) is 15.1 Å². The van der Waals surface area contributed by atoms with Crippen molar-refractivity contribution in [2.75, 3.05) is 21.3 Å². The highest BCUT2D eigenvalue weighted by molar-refractivity contribution is 5.94. The number of carbonyl (C=O) groups is 2. The maximum atomic E-state index is 13.2. The van der Waals surface area contributed by atoms with Gasteiger partial charge in [-0.2, -0.15) is 5.10 Å². The molecule has 1 aromatic heterocycles. The minimum atomic E-state index is -0.362. The van der Waals surface area contributed by atoms with Crippen LogP contribution in [0.25, 0.3) is 11.3 Å². The summed E-state index contributed by atoms with van der Waals surface area (Å²) in [6.45, 7) is 10.3. The second kappa shape index (κ2) is 11.7. The molecule has 1 aromatic carbocycles. The second-order valence-electron chi connectivity index (χ2n) is 8.96. The summed E-state index contributed by atoms with van der Waals surface area (Å²) >= 11 is 0. The number of nitrogens with one attached hydrogen (secondary N) is 1. The van der Waals surface area contributed by atoms with Crippen molar-refractivity contribution in [3.63, 3.8) is 0 Å². The molecule has 2 rings (SSSR count). The van der Waals surface area contributed by atoms with Crippen LogP contribution in [0.5, 0.6) is 11.5 Å². The number of nitrogens with zero attached hydrogens (tertiary/aromatic N) is 2. The first-order valence-corrected chi connectivity index (χ1v) is 11.3. The monoisotopic (exact) mass is 459 g/mol. The van der Waals surface area contributed by atoms with Crippen LogP contribution in [0.3, 0.4) is 0 Å². The molecule has 0 saturated carbocycles. The van der Waals surface area contributed by atoms with E-state index in [1.807, 2.05) is 36.7 Å². The zero-order valence-electron chi connectivity index (χ0n) is 21.0. The Bertz CT molecular complexity index is 929. The number of hydrogen-bond donors (Lipinski definition) is 1. The van der Waals surface area contributed by atoms with Crippen molar-refractivity contribution in [2.45, 2.75) is 59.5 Å². The highest BCUT2D eigenvalue weighted by Crippen LogP contribution is 2.40. The normalized spacial score (nSPS) is 13.0. The Labute approximate surface area is 196 Å². The van der Waals surface area contributed by atoms with Crippen LogP contribution < -0.4 is 14.8 Å². The average Bonchev–Trinajstić information content (AvgIpc) is 3.22. The molecule has 1 unspecified atom stereocenters. The highest BCUT2D eigenvalue weighted by Gasteiger charge is 2.26. The lowest BCUT2D eigenvalue weighted by Crippen LogP contribution is -2.38. The summed E-state index contributed by atoms with van der Waals surface area (Å²) in [6, 6.07) is 6.97. The van der Waals surface area contributed by atoms with Gasteiger partial charge in [0.05, 0.1) is 45.0 Å². The van der Waals surface area contributed by atoms with Gasteiger partial charge in [-0.05, 0) is 43.4 Å². The minimum absolute atomic E-state index is 0.0118. The van der Waals surface area contributed by atoms with Crippen LogP contribution in [0.1, 0.15) is 64.0 Å². The Morgan fingerprint density at radius 2 is 1.64 bits per heavy atom. The molecule has 0 aliphatic heterocycles. The number of amides is 1. The van der Waals surface area contributed by atoms with Gasteiger partial charge >= 0.3 is 5.97 Å². The molecule has 0 radical (unpaired) electrons. The molecule has 2 aromatic rings. The number of aromatic nitrogens is 2. The molecule has 0 aliphatic carbocycles. The van der Waals surface area contributed by atoms with Crippen molar-refractivity contribution in [2.24, 2.45) is 11.8 Å². The highest BCUT2D eigenvalue weighted by atomic mass is 16.5. The first-order valence-electron chi connectivity index (χ1n) is 11.3. The predicted octanol–water partition coefficient (Wildman–Crippen LogP) is 4.49. The average molecular weight is 460 g/mol. The number of hydrogen-bond acceptors (Lipinski definition) is 6. The summed E-state index contributed by atoms with van der Waals surface area (Å²) in [5.74, 6) is 1.12. The van der Waals surface area contributed by atoms with Crippen LogP contribution in [-0.2, 0) is 9.53 Å². The van der Waals surface area contributed by atoms with Gasteiger partial charge in [-0.15, -0.1) is 0 Å². The van der Waals surface area contributed by atoms with Gasteiger partial charge in [0.1, 0.15) is 11.5 Å². The van der Waals surface area contributed by atoms with Crippen molar-refractivity contribution in [3.05, 3.63) is 30.0 Å². The van der Waals surface area contributed by atoms with E-state index in [0.717, 1.165) is 11.3 Å². The van der Waals surface area contributed by atoms with Crippen LogP contribution in [0.15, 0.2) is 24.3 Å². The molecular weight excluding hydrogens is 422 g/mol. The van der Waals surface area contributed by atoms with Gasteiger partial charge in [0.15, 0.2) is 5.69 Å². The molecule has 1 N–H and O–H groups in total. The number of carbonyl (C=O) groups excluding carboxylic acids is 2. The maximum Gasteiger partial charge on any atom is 0.307 e. The van der Waals surface area contributed by atoms with Crippen LogP contribution in [-0.4, -0.2) is 49.0 Å². The third-order valence-electron chi connectivity index (χ3n) is 5.73. The van der Waals surface area contributed by atoms with Gasteiger partial charge in [-0.3, -0.25) is 14.3 Å². The summed E-state index contributed by atoms with van der Waals surface area (Å²) in [4.78, 5) is 25.1. The van der Waals surface area contributed by atoms with Crippen molar-refractivity contribution in [1.29, 1.82) is 0 Å². The van der Waals surface area contributed by atoms with Gasteiger partial charge in [0.25, 0.3) is 5.91 Å². The van der Waals surface area contributed by atoms with Gasteiger partial charge in [-0.1, -0.05) is 33.8 Å². The summed E-state index contributed by atoms with van der Waals surface area (Å²) in [7, 11) is 4.54. The Kier molecular flexibility index (Phi) is 9.32. The van der Waals surface area contributed by atoms with E-state index in [2.05, 4.69) is 31.2 Å². The zero-order chi connectivity index (χ0) is 24.7. The van der Waals surface area contributed by atoms with Gasteiger partial charge in [0, 0.05) is 6.04 Å². The molecule has 8 nitrogen and oxygen atoms in total. The molecule has 2 atom stereocenters. The predicted molar refractivity (Wildman–Crippen MR) is 128 cm³/mol. The van der Waals surface area contributed by atoms with E-state index in [1.54, 1.807) is 20.3 Å². The summed E-state index contributed by atoms with van der Waals surface area (Å²) in [5, 5.41) is 7.64. The van der Waals surface area contributed by atoms with Gasteiger partial charge in [0.2, 0.25) is 0 Å². The van der Waals surface area contributed by atoms with Gasteiger partial charge in [-0.25, -0.2) is 0 Å². The Morgan fingerprint density at radius 3 is 2.12 bits per heavy atom. The maximum absolute atomic E-state index is 13.2. The molecule has 1 amide bonds. The summed E-state index contributed by atoms with van der Waals surface area (Å²) in [6.07, 6.45) is 0.758. The SMILES string of the molecule is COC(=O)C[C@H](CC(C)C)NC(=O)c1cc(-c2c(OC)cccc2OC)n(C(C)C(C)C)n1. The van der Waals surface area contributed by atoms with Crippen molar-refractivity contribution >= 4 is 11.9 Å². The van der Waals surface area contributed by atoms with E-state index >= 15 is 0 Å². The molecule has 8 heteroatoms. The summed E-state index contributed by atoms with van der Waals surface area (Å²) in [5.41, 5.74) is 1.72. The van der Waals surface area contributed by atoms with Crippen molar-refractivity contribution < 1.29 is 23.8 Å². The smallest absolute Gasteiger partial charge is 0.307 e. The fourth-order valence-corrected chi connectivity index (χ4v) is 3.69. The topological polar surface area (TPSA) is 91.7 Å². The van der Waals surface area contributed by atoms with Crippen LogP contribution in [0, 0.1) is 11.8 Å². The quantitative estimate of drug-likeness (QED) is 0.498. The molecule has 1 heterocycles. The van der Waals surface area contributed by atoms with E-state index in [-0.39, 0.29) is 42.0 Å². The lowest BCUT2D eigenvalue weighted by Gasteiger charge is -2.21. The van der Waals surface area contributed by atoms with E-state index in [0.29, 0.717) is 23.8 Å². The Hall–Kier alpha value is -3.03. The number of ether oxygens (including phenoxy) is 3. The molecular formula is C25H37N3O5. The summed E-state index contributed by atoms with van der Waals surface area (Å²) < 4.78 is 17.8. The second-order valence-corrected chi connectivity index (χ2v) is 8.96. The fourth-order valence-electron chi connectivity index (χ4n) is 3.69. The number of benzene rings is 1. The van der Waals surface area contributed by atoms with E-state index in [4.69, 9.17) is 14.2 Å². The molecule has 182 valence electrons. The first-order chi connectivity index (χ1) is 15.6. The molecule has 0 aliphatic rings. The fraction of sp³-hybridized carbons (Fsp3) is 0.560. The van der Waals surface area contributed by atoms with Crippen LogP contribution >= 0.6 is 0 Å². The van der Waals surface area contributed by atoms with E-state index < -0.39 is 0 Å². The Morgan fingerprint density at radius 1 is 1.03 bits per heavy atom. The van der Waals surface area contributed by atoms with Gasteiger partial charge < -0.3 is 19.5 Å². The standard InChI is InChI=1S/C25H37N3O5/c1-15(2)12-18(13-23(29)33-8)26-25(30)19-14-20(28(27-19)17(5)16(3)4)24-21(31-6)10-9-11-22(24)32-7/h9-11,14-18H,12-13H2,1-8H3,(H,26,30)/t17?,18-/m0/s1. The third-order valence-corrected chi connectivity index (χ3v) is 5.73. The number of rotatable bonds is 11. The molecule has 0 bridgehead atoms. The lowest BCUT2D eigenvalue weighted by molar-refractivity contribution is -0.141. The molecule has 33 heavy (non-hydrogen) atoms. The van der Waals surface area contributed by atoms with E-state index in [9.17, 15) is 9.59 Å². The number of esters is 1. The van der Waals surface area contributed by atoms with E-state index in [1.165, 1.54) is 7.11 Å². The Balaban J connectivity index is 2.52. The minimum Gasteiger partial charge on any atom is -0.496 e. The first kappa shape index (κ1) is 26.2. The zero-order valence-corrected chi connectivity index (χ0v) is 21.0. The molecule has 0 spiro atoms. The largest absolute Gasteiger partial charge is 0.496 e. The van der Waals surface area contributed by atoms with Crippen molar-refractivity contribution in [3.8, 4) is 22.8 Å².